The van der Waals surface area contributed by atoms with Crippen LogP contribution >= 0.6 is 11.6 Å². The lowest BCUT2D eigenvalue weighted by molar-refractivity contribution is 0.00626. The van der Waals surface area contributed by atoms with Gasteiger partial charge in [0.1, 0.15) is 5.75 Å². The monoisotopic (exact) mass is 314 g/mol. The molecule has 21 heavy (non-hydrogen) atoms. The molecule has 120 valence electrons. The van der Waals surface area contributed by atoms with Gasteiger partial charge in [0.2, 0.25) is 0 Å². The molecule has 1 aromatic carbocycles. The molecule has 4 heteroatoms. The highest BCUT2D eigenvalue weighted by molar-refractivity contribution is 6.31. The van der Waals surface area contributed by atoms with E-state index < -0.39 is 12.2 Å². The highest BCUT2D eigenvalue weighted by Gasteiger charge is 2.22. The van der Waals surface area contributed by atoms with Gasteiger partial charge in [-0.3, -0.25) is 0 Å². The number of aliphatic hydroxyl groups is 2. The van der Waals surface area contributed by atoms with Crippen molar-refractivity contribution in [3.05, 3.63) is 28.3 Å². The molecule has 0 aliphatic heterocycles. The fraction of sp³-hybridized carbons (Fsp3) is 0.647. The number of halogens is 1. The topological polar surface area (TPSA) is 49.7 Å². The Balaban J connectivity index is 2.90. The van der Waals surface area contributed by atoms with Crippen LogP contribution in [0.2, 0.25) is 5.02 Å². The molecule has 0 aromatic heterocycles. The second-order valence-corrected chi connectivity index (χ2v) is 6.04. The molecule has 0 radical (unpaired) electrons. The second kappa shape index (κ2) is 8.62. The average Bonchev–Trinajstić information content (AvgIpc) is 2.42. The van der Waals surface area contributed by atoms with Crippen molar-refractivity contribution < 1.29 is 14.9 Å². The van der Waals surface area contributed by atoms with Crippen LogP contribution in [0.1, 0.15) is 57.1 Å². The largest absolute Gasteiger partial charge is 0.494 e. The molecule has 2 N–H and O–H groups in total. The number of ether oxygens (including phenoxy) is 1. The molecular formula is C17H27ClO3. The number of benzene rings is 1. The maximum absolute atomic E-state index is 10.1. The standard InChI is InChI=1S/C17H27ClO3/c1-5-7-15(19)16(20)8-11(3)13-10-14(18)12(4)9-17(13)21-6-2/h9-11,15-16,19-20H,5-8H2,1-4H3. The summed E-state index contributed by atoms with van der Waals surface area (Å²) in [5.74, 6) is 0.871. The van der Waals surface area contributed by atoms with E-state index in [9.17, 15) is 10.2 Å². The van der Waals surface area contributed by atoms with Crippen LogP contribution in [0.15, 0.2) is 12.1 Å². The van der Waals surface area contributed by atoms with Gasteiger partial charge >= 0.3 is 0 Å². The fourth-order valence-electron chi connectivity index (χ4n) is 2.47. The molecule has 3 atom stereocenters. The Morgan fingerprint density at radius 3 is 2.43 bits per heavy atom. The first-order chi connectivity index (χ1) is 9.90. The van der Waals surface area contributed by atoms with Gasteiger partial charge in [0.15, 0.2) is 0 Å². The van der Waals surface area contributed by atoms with Crippen molar-refractivity contribution in [3.8, 4) is 5.75 Å². The van der Waals surface area contributed by atoms with E-state index >= 15 is 0 Å². The van der Waals surface area contributed by atoms with E-state index in [0.717, 1.165) is 23.3 Å². The lowest BCUT2D eigenvalue weighted by Crippen LogP contribution is -2.27. The smallest absolute Gasteiger partial charge is 0.123 e. The number of rotatable bonds is 8. The zero-order chi connectivity index (χ0) is 16.0. The Hall–Kier alpha value is -0.770. The lowest BCUT2D eigenvalue weighted by Gasteiger charge is -2.23. The van der Waals surface area contributed by atoms with Gasteiger partial charge in [-0.25, -0.2) is 0 Å². The van der Waals surface area contributed by atoms with Gasteiger partial charge in [-0.2, -0.15) is 0 Å². The molecule has 0 heterocycles. The molecule has 0 saturated carbocycles. The van der Waals surface area contributed by atoms with E-state index in [-0.39, 0.29) is 5.92 Å². The van der Waals surface area contributed by atoms with Gasteiger partial charge in [-0.1, -0.05) is 31.9 Å². The zero-order valence-corrected chi connectivity index (χ0v) is 14.2. The predicted octanol–water partition coefficient (Wildman–Crippen LogP) is 4.06. The first kappa shape index (κ1) is 18.3. The van der Waals surface area contributed by atoms with E-state index in [4.69, 9.17) is 16.3 Å². The van der Waals surface area contributed by atoms with Crippen molar-refractivity contribution in [2.75, 3.05) is 6.61 Å². The van der Waals surface area contributed by atoms with Crippen LogP contribution in [0.5, 0.6) is 5.75 Å². The molecule has 0 aliphatic carbocycles. The Morgan fingerprint density at radius 2 is 1.86 bits per heavy atom. The average molecular weight is 315 g/mol. The molecule has 0 saturated heterocycles. The van der Waals surface area contributed by atoms with Crippen molar-refractivity contribution in [3.63, 3.8) is 0 Å². The summed E-state index contributed by atoms with van der Waals surface area (Å²) in [5.41, 5.74) is 1.96. The number of aryl methyl sites for hydroxylation is 1. The van der Waals surface area contributed by atoms with Crippen LogP contribution in [-0.2, 0) is 0 Å². The molecule has 1 rings (SSSR count). The van der Waals surface area contributed by atoms with Crippen LogP contribution in [0.25, 0.3) is 0 Å². The highest BCUT2D eigenvalue weighted by atomic mass is 35.5. The normalized spacial score (nSPS) is 15.6. The number of hydrogen-bond donors (Lipinski definition) is 2. The molecule has 0 aliphatic rings. The minimum Gasteiger partial charge on any atom is -0.494 e. The summed E-state index contributed by atoms with van der Waals surface area (Å²) in [6.45, 7) is 8.48. The molecule has 0 fully saturated rings. The highest BCUT2D eigenvalue weighted by Crippen LogP contribution is 2.34. The Kier molecular flexibility index (Phi) is 7.50. The van der Waals surface area contributed by atoms with Crippen LogP contribution in [0, 0.1) is 6.92 Å². The van der Waals surface area contributed by atoms with Gasteiger partial charge in [0.05, 0.1) is 18.8 Å². The molecular weight excluding hydrogens is 288 g/mol. The van der Waals surface area contributed by atoms with Crippen molar-refractivity contribution in [1.29, 1.82) is 0 Å². The minimum atomic E-state index is -0.727. The summed E-state index contributed by atoms with van der Waals surface area (Å²) < 4.78 is 5.68. The third-order valence-corrected chi connectivity index (χ3v) is 4.15. The summed E-state index contributed by atoms with van der Waals surface area (Å²) in [5, 5.41) is 20.7. The van der Waals surface area contributed by atoms with E-state index in [1.165, 1.54) is 0 Å². The Bertz CT molecular complexity index is 448. The summed E-state index contributed by atoms with van der Waals surface area (Å²) in [6, 6.07) is 3.85. The van der Waals surface area contributed by atoms with Crippen molar-refractivity contribution >= 4 is 11.6 Å². The first-order valence-corrected chi connectivity index (χ1v) is 8.07. The minimum absolute atomic E-state index is 0.0613. The molecule has 3 nitrogen and oxygen atoms in total. The van der Waals surface area contributed by atoms with Crippen molar-refractivity contribution in [2.24, 2.45) is 0 Å². The first-order valence-electron chi connectivity index (χ1n) is 7.69. The predicted molar refractivity (Wildman–Crippen MR) is 87.3 cm³/mol. The van der Waals surface area contributed by atoms with Gasteiger partial charge in [-0.05, 0) is 55.9 Å². The van der Waals surface area contributed by atoms with E-state index in [1.54, 1.807) is 0 Å². The number of hydrogen-bond acceptors (Lipinski definition) is 3. The van der Waals surface area contributed by atoms with E-state index in [2.05, 4.69) is 0 Å². The quantitative estimate of drug-likeness (QED) is 0.760. The molecule has 0 amide bonds. The van der Waals surface area contributed by atoms with Gasteiger partial charge in [0, 0.05) is 5.02 Å². The SMILES string of the molecule is CCCC(O)C(O)CC(C)c1cc(Cl)c(C)cc1OCC. The Labute approximate surface area is 132 Å². The lowest BCUT2D eigenvalue weighted by atomic mass is 9.91. The summed E-state index contributed by atoms with van der Waals surface area (Å²) in [7, 11) is 0. The van der Waals surface area contributed by atoms with Crippen LogP contribution in [-0.4, -0.2) is 29.0 Å². The van der Waals surface area contributed by atoms with E-state index in [1.807, 2.05) is 39.8 Å². The summed E-state index contributed by atoms with van der Waals surface area (Å²) in [6.07, 6.45) is 0.553. The third kappa shape index (κ3) is 5.17. The van der Waals surface area contributed by atoms with Crippen molar-refractivity contribution in [2.45, 2.75) is 65.1 Å². The Morgan fingerprint density at radius 1 is 1.19 bits per heavy atom. The molecule has 1 aromatic rings. The summed E-state index contributed by atoms with van der Waals surface area (Å²) in [4.78, 5) is 0. The van der Waals surface area contributed by atoms with Gasteiger partial charge < -0.3 is 14.9 Å². The van der Waals surface area contributed by atoms with E-state index in [0.29, 0.717) is 24.5 Å². The molecule has 0 spiro atoms. The fourth-order valence-corrected chi connectivity index (χ4v) is 2.64. The maximum Gasteiger partial charge on any atom is 0.123 e. The molecule has 3 unspecified atom stereocenters. The maximum atomic E-state index is 10.1. The van der Waals surface area contributed by atoms with Gasteiger partial charge in [-0.15, -0.1) is 0 Å². The van der Waals surface area contributed by atoms with Crippen LogP contribution < -0.4 is 4.74 Å². The third-order valence-electron chi connectivity index (χ3n) is 3.75. The van der Waals surface area contributed by atoms with Crippen molar-refractivity contribution in [1.82, 2.24) is 0 Å². The number of aliphatic hydroxyl groups excluding tert-OH is 2. The second-order valence-electron chi connectivity index (χ2n) is 5.63. The summed E-state index contributed by atoms with van der Waals surface area (Å²) >= 11 is 6.21. The van der Waals surface area contributed by atoms with Crippen LogP contribution in [0.4, 0.5) is 0 Å². The molecule has 0 bridgehead atoms. The van der Waals surface area contributed by atoms with Gasteiger partial charge in [0.25, 0.3) is 0 Å². The zero-order valence-electron chi connectivity index (χ0n) is 13.4. The van der Waals surface area contributed by atoms with Crippen LogP contribution in [0.3, 0.4) is 0 Å².